The molecule has 0 spiro atoms. The first-order valence-electron chi connectivity index (χ1n) is 21.0. The van der Waals surface area contributed by atoms with Gasteiger partial charge in [-0.15, -0.1) is 0 Å². The Morgan fingerprint density at radius 3 is 1.03 bits per heavy atom. The molecule has 340 valence electrons. The topological polar surface area (TPSA) is 55.4 Å². The van der Waals surface area contributed by atoms with E-state index >= 15 is 35.1 Å². The molecule has 0 aromatic heterocycles. The Labute approximate surface area is 360 Å². The zero-order valence-corrected chi connectivity index (χ0v) is 40.2. The monoisotopic (exact) mass is 940 g/mol. The Hall–Kier alpha value is -2.57. The van der Waals surface area contributed by atoms with Crippen molar-refractivity contribution in [2.75, 3.05) is 66.1 Å². The number of unbranched alkanes of at least 4 members (excludes halogenated alkanes) is 2. The maximum atomic E-state index is 17.3. The van der Waals surface area contributed by atoms with Crippen LogP contribution in [-0.4, -0.2) is 82.2 Å². The molecule has 2 aliphatic rings. The number of ether oxygens (including phenoxy) is 6. The summed E-state index contributed by atoms with van der Waals surface area (Å²) in [4.78, 5) is 0. The van der Waals surface area contributed by atoms with Gasteiger partial charge in [-0.3, -0.25) is 0 Å². The van der Waals surface area contributed by atoms with Crippen molar-refractivity contribution in [1.82, 2.24) is 0 Å². The van der Waals surface area contributed by atoms with Crippen molar-refractivity contribution in [2.24, 2.45) is 0 Å². The molecule has 0 heterocycles. The molecule has 4 rings (SSSR count). The van der Waals surface area contributed by atoms with Gasteiger partial charge in [0.15, 0.2) is 0 Å². The van der Waals surface area contributed by atoms with Crippen molar-refractivity contribution >= 4 is 23.9 Å². The van der Waals surface area contributed by atoms with E-state index in [1.807, 2.05) is 53.1 Å². The standard InChI is InChI=1S/2C14H17F4O3.2C8H13Si.Ti/c2*1-2-3-4-19-5-6-20-7-8-21-14-12(17)10(15)9-11(16)13(14)18;2*1-9(2,3)8-6-4-5-7-8;/h2*2-8H2,1H3;2*4,6H,5H2,1-3H3;. The van der Waals surface area contributed by atoms with Crippen molar-refractivity contribution < 1.29 is 80.1 Å². The number of hydrogen-bond acceptors (Lipinski definition) is 6. The second-order valence-corrected chi connectivity index (χ2v) is 32.9. The van der Waals surface area contributed by atoms with Crippen LogP contribution < -0.4 is 17.2 Å². The fourth-order valence-corrected chi connectivity index (χ4v) is 24.5. The Kier molecular flexibility index (Phi) is 19.1. The number of hydrogen-bond donors (Lipinski definition) is 0. The third-order valence-corrected chi connectivity index (χ3v) is 23.5. The first-order chi connectivity index (χ1) is 28.9. The molecule has 0 atom stereocenters. The van der Waals surface area contributed by atoms with Crippen LogP contribution in [0.25, 0.3) is 0 Å². The van der Waals surface area contributed by atoms with Crippen molar-refractivity contribution in [3.05, 3.63) is 89.0 Å². The van der Waals surface area contributed by atoms with Crippen LogP contribution in [0.5, 0.6) is 11.5 Å². The van der Waals surface area contributed by atoms with Gasteiger partial charge in [0.1, 0.15) is 0 Å². The molecule has 0 saturated heterocycles. The molecule has 0 aliphatic heterocycles. The molecule has 0 radical (unpaired) electrons. The van der Waals surface area contributed by atoms with Gasteiger partial charge in [-0.1, -0.05) is 26.7 Å². The van der Waals surface area contributed by atoms with E-state index in [0.29, 0.717) is 23.6 Å². The zero-order valence-electron chi connectivity index (χ0n) is 36.6. The van der Waals surface area contributed by atoms with E-state index in [4.69, 9.17) is 28.4 Å². The number of halogens is 8. The van der Waals surface area contributed by atoms with Gasteiger partial charge in [0, 0.05) is 0 Å². The van der Waals surface area contributed by atoms with Gasteiger partial charge in [0.05, 0.1) is 0 Å². The molecule has 0 N–H and O–H groups in total. The van der Waals surface area contributed by atoms with Crippen LogP contribution in [0.2, 0.25) is 39.3 Å². The van der Waals surface area contributed by atoms with Gasteiger partial charge >= 0.3 is 323 Å². The summed E-state index contributed by atoms with van der Waals surface area (Å²) in [6, 6.07) is 0. The quantitative estimate of drug-likeness (QED) is 0.0405. The summed E-state index contributed by atoms with van der Waals surface area (Å²) in [6.07, 6.45) is 9.97. The summed E-state index contributed by atoms with van der Waals surface area (Å²) < 4.78 is 165. The molecule has 61 heavy (non-hydrogen) atoms. The minimum atomic E-state index is -6.32. The van der Waals surface area contributed by atoms with E-state index in [1.54, 1.807) is 24.3 Å². The van der Waals surface area contributed by atoms with Crippen LogP contribution in [0.1, 0.15) is 52.4 Å². The van der Waals surface area contributed by atoms with Crippen molar-refractivity contribution in [1.29, 1.82) is 0 Å². The molecule has 2 aliphatic carbocycles. The fraction of sp³-hybridized carbons (Fsp3) is 0.545. The third-order valence-electron chi connectivity index (χ3n) is 10.6. The molecule has 6 nitrogen and oxygen atoms in total. The molecule has 0 bridgehead atoms. The Morgan fingerprint density at radius 2 is 0.738 bits per heavy atom. The molecule has 2 aromatic rings. The second kappa shape index (κ2) is 22.9. The van der Waals surface area contributed by atoms with Crippen LogP contribution in [0, 0.1) is 46.5 Å². The van der Waals surface area contributed by atoms with Crippen LogP contribution in [0.4, 0.5) is 35.1 Å². The van der Waals surface area contributed by atoms with Gasteiger partial charge in [0.25, 0.3) is 0 Å². The summed E-state index contributed by atoms with van der Waals surface area (Å²) in [5, 5.41) is 1.02. The summed E-state index contributed by atoms with van der Waals surface area (Å²) in [6.45, 7) is 15.7. The van der Waals surface area contributed by atoms with E-state index in [1.165, 1.54) is 0 Å². The Bertz CT molecular complexity index is 1780. The van der Waals surface area contributed by atoms with Crippen LogP contribution in [0.15, 0.2) is 42.5 Å². The molecule has 17 heteroatoms. The van der Waals surface area contributed by atoms with Crippen molar-refractivity contribution in [3.8, 4) is 11.5 Å². The van der Waals surface area contributed by atoms with E-state index in [-0.39, 0.29) is 60.2 Å². The normalized spacial score (nSPS) is 14.7. The summed E-state index contributed by atoms with van der Waals surface area (Å²) >= 11 is -6.32. The van der Waals surface area contributed by atoms with Gasteiger partial charge in [0.2, 0.25) is 0 Å². The number of allylic oxidation sites excluding steroid dienone is 8. The average Bonchev–Trinajstić information content (AvgIpc) is 3.92. The van der Waals surface area contributed by atoms with E-state index in [2.05, 4.69) is 0 Å². The molecule has 0 saturated carbocycles. The van der Waals surface area contributed by atoms with Crippen LogP contribution in [-0.2, 0) is 35.5 Å². The Balaban J connectivity index is 1.96. The van der Waals surface area contributed by atoms with Crippen molar-refractivity contribution in [3.63, 3.8) is 0 Å². The van der Waals surface area contributed by atoms with Gasteiger partial charge in [-0.05, 0) is 12.8 Å². The predicted octanol–water partition coefficient (Wildman–Crippen LogP) is 10.5. The molecule has 2 aromatic carbocycles. The maximum absolute atomic E-state index is 17.3. The Morgan fingerprint density at radius 1 is 0.443 bits per heavy atom. The van der Waals surface area contributed by atoms with E-state index in [9.17, 15) is 0 Å². The van der Waals surface area contributed by atoms with Gasteiger partial charge in [-0.2, -0.15) is 0 Å². The first kappa shape index (κ1) is 51.1. The molecule has 0 fully saturated rings. The minimum absolute atomic E-state index is 0.122. The number of rotatable bonds is 26. The average molecular weight is 941 g/mol. The zero-order chi connectivity index (χ0) is 45.1. The predicted molar refractivity (Wildman–Crippen MR) is 224 cm³/mol. The number of benzene rings is 2. The second-order valence-electron chi connectivity index (χ2n) is 17.0. The molecule has 0 unspecified atom stereocenters. The third kappa shape index (κ3) is 11.6. The van der Waals surface area contributed by atoms with Gasteiger partial charge in [-0.25, -0.2) is 0 Å². The summed E-state index contributed by atoms with van der Waals surface area (Å²) in [5.41, 5.74) is 0. The van der Waals surface area contributed by atoms with Crippen LogP contribution >= 0.6 is 0 Å². The summed E-state index contributed by atoms with van der Waals surface area (Å²) in [5.74, 6) is -18.4. The van der Waals surface area contributed by atoms with Crippen molar-refractivity contribution in [2.45, 2.75) is 91.7 Å². The van der Waals surface area contributed by atoms with Crippen LogP contribution in [0.3, 0.4) is 0 Å². The molecular formula is C44H60F8O6Si2Ti. The molecule has 0 amide bonds. The van der Waals surface area contributed by atoms with E-state index < -0.39 is 112 Å². The summed E-state index contributed by atoms with van der Waals surface area (Å²) in [7, 11) is -5.31. The molecular weight excluding hydrogens is 881 g/mol. The fourth-order valence-electron chi connectivity index (χ4n) is 7.71. The van der Waals surface area contributed by atoms with Gasteiger partial charge < -0.3 is 0 Å². The first-order valence-corrected chi connectivity index (χ1v) is 31.1. The van der Waals surface area contributed by atoms with E-state index in [0.717, 1.165) is 25.7 Å². The SMILES string of the molecule is CCCCOCCOCCOc1c(F)c(F)[c]([Ti]([C]2=C([Si](C)(C)C)C=CC2)([C]2=C([Si](C)(C)C)C=CC2)[c]2c(F)c(F)c(OCCOCCOCCCC)c(F)c2F)c(F)c1F.